The Labute approximate surface area is 91.0 Å². The molecule has 1 unspecified atom stereocenters. The van der Waals surface area contributed by atoms with Gasteiger partial charge in [0, 0.05) is 14.1 Å². The van der Waals surface area contributed by atoms with Gasteiger partial charge in [-0.25, -0.2) is 4.79 Å². The lowest BCUT2D eigenvalue weighted by atomic mass is 9.96. The van der Waals surface area contributed by atoms with Gasteiger partial charge < -0.3 is 20.2 Å². The first-order chi connectivity index (χ1) is 7.17. The fourth-order valence-corrected chi connectivity index (χ4v) is 0.939. The minimum Gasteiger partial charge on any atom is -0.481 e. The van der Waals surface area contributed by atoms with Crippen molar-refractivity contribution in [3.63, 3.8) is 0 Å². The van der Waals surface area contributed by atoms with Crippen LogP contribution in [0.4, 0.5) is 0 Å². The van der Waals surface area contributed by atoms with Crippen molar-refractivity contribution < 1.29 is 34.5 Å². The number of hydrogen-bond acceptors (Lipinski definition) is 6. The third-order valence-corrected chi connectivity index (χ3v) is 1.56. The van der Waals surface area contributed by atoms with E-state index >= 15 is 0 Å². The third-order valence-electron chi connectivity index (χ3n) is 1.56. The number of carboxylic acid groups (broad SMARTS) is 2. The summed E-state index contributed by atoms with van der Waals surface area (Å²) in [5.74, 6) is -4.34. The fraction of sp³-hybridized carbons (Fsp3) is 0.625. The van der Waals surface area contributed by atoms with Gasteiger partial charge in [0.2, 0.25) is 0 Å². The van der Waals surface area contributed by atoms with Crippen molar-refractivity contribution in [3.05, 3.63) is 0 Å². The molecular weight excluding hydrogens is 222 g/mol. The monoisotopic (exact) mass is 235 g/mol. The number of aliphatic hydroxyl groups is 1. The summed E-state index contributed by atoms with van der Waals surface area (Å²) in [6.07, 6.45) is -2.02. The Kier molecular flexibility index (Phi) is 4.86. The normalized spacial score (nSPS) is 14.2. The van der Waals surface area contributed by atoms with Gasteiger partial charge in [-0.05, 0) is 0 Å². The molecule has 0 spiro atoms. The number of aliphatic carboxylic acids is 2. The number of carboxylic acids is 2. The van der Waals surface area contributed by atoms with E-state index in [-0.39, 0.29) is 0 Å². The minimum atomic E-state index is -2.65. The summed E-state index contributed by atoms with van der Waals surface area (Å²) in [6, 6.07) is 0. The second-order valence-corrected chi connectivity index (χ2v) is 3.36. The Hall–Kier alpha value is -1.67. The molecule has 0 aromatic rings. The van der Waals surface area contributed by atoms with Crippen molar-refractivity contribution in [2.75, 3.05) is 14.1 Å². The molecule has 16 heavy (non-hydrogen) atoms. The second-order valence-electron chi connectivity index (χ2n) is 3.36. The van der Waals surface area contributed by atoms with Crippen LogP contribution < -0.4 is 0 Å². The zero-order valence-electron chi connectivity index (χ0n) is 8.84. The molecule has 8 nitrogen and oxygen atoms in total. The molecule has 1 atom stereocenters. The first kappa shape index (κ1) is 14.3. The SMILES string of the molecule is CN(C)OC(=O)CC(O)(CC(=O)O)C(=O)O. The average Bonchev–Trinajstić information content (AvgIpc) is 1.98. The van der Waals surface area contributed by atoms with E-state index in [1.165, 1.54) is 14.1 Å². The number of hydrogen-bond donors (Lipinski definition) is 3. The summed E-state index contributed by atoms with van der Waals surface area (Å²) in [4.78, 5) is 36.5. The van der Waals surface area contributed by atoms with E-state index in [9.17, 15) is 19.5 Å². The first-order valence-electron chi connectivity index (χ1n) is 4.23. The van der Waals surface area contributed by atoms with E-state index in [1.807, 2.05) is 0 Å². The second kappa shape index (κ2) is 5.42. The van der Waals surface area contributed by atoms with Crippen molar-refractivity contribution >= 4 is 17.9 Å². The number of hydroxylamine groups is 2. The molecular formula is C8H13NO7. The van der Waals surface area contributed by atoms with Crippen LogP contribution in [0.25, 0.3) is 0 Å². The van der Waals surface area contributed by atoms with Crippen LogP contribution >= 0.6 is 0 Å². The van der Waals surface area contributed by atoms with Gasteiger partial charge >= 0.3 is 17.9 Å². The summed E-state index contributed by atoms with van der Waals surface area (Å²) in [5.41, 5.74) is -2.65. The number of nitrogens with zero attached hydrogens (tertiary/aromatic N) is 1. The maximum atomic E-state index is 11.1. The summed E-state index contributed by atoms with van der Waals surface area (Å²) >= 11 is 0. The quantitative estimate of drug-likeness (QED) is 0.484. The molecule has 0 fully saturated rings. The zero-order valence-corrected chi connectivity index (χ0v) is 8.84. The van der Waals surface area contributed by atoms with Crippen molar-refractivity contribution in [1.82, 2.24) is 5.06 Å². The number of carbonyl (C=O) groups excluding carboxylic acids is 1. The van der Waals surface area contributed by atoms with Crippen molar-refractivity contribution in [1.29, 1.82) is 0 Å². The Morgan fingerprint density at radius 3 is 2.00 bits per heavy atom. The van der Waals surface area contributed by atoms with E-state index in [4.69, 9.17) is 10.2 Å². The van der Waals surface area contributed by atoms with Gasteiger partial charge in [0.15, 0.2) is 5.60 Å². The molecule has 0 bridgehead atoms. The van der Waals surface area contributed by atoms with Crippen LogP contribution in [0.2, 0.25) is 0 Å². The Bertz CT molecular complexity index is 301. The largest absolute Gasteiger partial charge is 0.481 e. The molecule has 8 heteroatoms. The van der Waals surface area contributed by atoms with Gasteiger partial charge in [-0.3, -0.25) is 9.59 Å². The van der Waals surface area contributed by atoms with Crippen molar-refractivity contribution in [3.8, 4) is 0 Å². The highest BCUT2D eigenvalue weighted by Gasteiger charge is 2.41. The smallest absolute Gasteiger partial charge is 0.336 e. The summed E-state index contributed by atoms with van der Waals surface area (Å²) in [7, 11) is 2.77. The highest BCUT2D eigenvalue weighted by Crippen LogP contribution is 2.17. The Morgan fingerprint density at radius 1 is 1.19 bits per heavy atom. The van der Waals surface area contributed by atoms with Crippen molar-refractivity contribution in [2.24, 2.45) is 0 Å². The maximum absolute atomic E-state index is 11.1. The molecule has 0 radical (unpaired) electrons. The van der Waals surface area contributed by atoms with E-state index in [1.54, 1.807) is 0 Å². The standard InChI is InChI=1S/C8H13NO7/c1-9(2)16-6(12)4-8(15,7(13)14)3-5(10)11/h15H,3-4H2,1-2H3,(H,10,11)(H,13,14). The van der Waals surface area contributed by atoms with Crippen LogP contribution in [0.5, 0.6) is 0 Å². The highest BCUT2D eigenvalue weighted by atomic mass is 16.7. The van der Waals surface area contributed by atoms with E-state index in [2.05, 4.69) is 4.84 Å². The van der Waals surface area contributed by atoms with Crippen LogP contribution in [-0.4, -0.2) is 58.0 Å². The number of rotatable bonds is 6. The molecule has 0 saturated carbocycles. The van der Waals surface area contributed by atoms with Crippen LogP contribution in [0.3, 0.4) is 0 Å². The third kappa shape index (κ3) is 4.71. The van der Waals surface area contributed by atoms with Gasteiger partial charge in [-0.2, -0.15) is 0 Å². The molecule has 92 valence electrons. The van der Waals surface area contributed by atoms with Crippen LogP contribution in [0, 0.1) is 0 Å². The maximum Gasteiger partial charge on any atom is 0.336 e. The molecule has 0 aliphatic rings. The predicted octanol–water partition coefficient (Wildman–Crippen LogP) is -1.31. The van der Waals surface area contributed by atoms with Gasteiger partial charge in [0.25, 0.3) is 0 Å². The molecule has 0 aliphatic heterocycles. The van der Waals surface area contributed by atoms with Crippen LogP contribution in [0.1, 0.15) is 12.8 Å². The topological polar surface area (TPSA) is 124 Å². The van der Waals surface area contributed by atoms with Crippen LogP contribution in [0.15, 0.2) is 0 Å². The average molecular weight is 235 g/mol. The molecule has 0 saturated heterocycles. The van der Waals surface area contributed by atoms with Gasteiger partial charge in [-0.1, -0.05) is 0 Å². The summed E-state index contributed by atoms with van der Waals surface area (Å²) in [6.45, 7) is 0. The molecule has 0 aromatic heterocycles. The lowest BCUT2D eigenvalue weighted by Gasteiger charge is -2.20. The fourth-order valence-electron chi connectivity index (χ4n) is 0.939. The van der Waals surface area contributed by atoms with Crippen molar-refractivity contribution in [2.45, 2.75) is 18.4 Å². The molecule has 0 heterocycles. The summed E-state index contributed by atoms with van der Waals surface area (Å²) in [5, 5.41) is 27.5. The molecule has 0 aliphatic carbocycles. The highest BCUT2D eigenvalue weighted by molar-refractivity contribution is 5.88. The lowest BCUT2D eigenvalue weighted by molar-refractivity contribution is -0.189. The van der Waals surface area contributed by atoms with Gasteiger partial charge in [-0.15, -0.1) is 5.06 Å². The lowest BCUT2D eigenvalue weighted by Crippen LogP contribution is -2.43. The molecule has 0 rings (SSSR count). The molecule has 0 aromatic carbocycles. The first-order valence-corrected chi connectivity index (χ1v) is 4.23. The van der Waals surface area contributed by atoms with Gasteiger partial charge in [0.05, 0.1) is 12.8 Å². The molecule has 0 amide bonds. The van der Waals surface area contributed by atoms with Crippen LogP contribution in [-0.2, 0) is 19.2 Å². The van der Waals surface area contributed by atoms with E-state index < -0.39 is 36.4 Å². The van der Waals surface area contributed by atoms with Gasteiger partial charge in [0.1, 0.15) is 0 Å². The summed E-state index contributed by atoms with van der Waals surface area (Å²) < 4.78 is 0. The number of carbonyl (C=O) groups is 3. The predicted molar refractivity (Wildman–Crippen MR) is 49.2 cm³/mol. The zero-order chi connectivity index (χ0) is 12.9. The Balaban J connectivity index is 4.62. The van der Waals surface area contributed by atoms with E-state index in [0.717, 1.165) is 5.06 Å². The minimum absolute atomic E-state index is 0.938. The molecule has 3 N–H and O–H groups in total. The van der Waals surface area contributed by atoms with E-state index in [0.29, 0.717) is 0 Å². The Morgan fingerprint density at radius 2 is 1.69 bits per heavy atom.